The Hall–Kier alpha value is -2.77. The monoisotopic (exact) mass is 280 g/mol. The van der Waals surface area contributed by atoms with E-state index < -0.39 is 22.9 Å². The minimum absolute atomic E-state index is 0.0807. The lowest BCUT2D eigenvalue weighted by Gasteiger charge is -2.04. The maximum atomic E-state index is 10.9. The number of nitro groups is 1. The number of benzene rings is 1. The maximum Gasteiger partial charge on any atom is 0.328 e. The van der Waals surface area contributed by atoms with E-state index in [0.717, 1.165) is 0 Å². The zero-order chi connectivity index (χ0) is 15.1. The Kier molecular flexibility index (Phi) is 5.33. The van der Waals surface area contributed by atoms with Crippen molar-refractivity contribution in [3.05, 3.63) is 39.9 Å². The molecule has 1 aromatic carbocycles. The van der Waals surface area contributed by atoms with Crippen molar-refractivity contribution in [2.24, 2.45) is 4.99 Å². The fourth-order valence-electron chi connectivity index (χ4n) is 1.38. The predicted octanol–water partition coefficient (Wildman–Crippen LogP) is 1.33. The van der Waals surface area contributed by atoms with Crippen molar-refractivity contribution in [1.82, 2.24) is 0 Å². The van der Waals surface area contributed by atoms with Crippen LogP contribution in [0.2, 0.25) is 0 Å². The molecule has 1 rings (SSSR count). The molecule has 0 bridgehead atoms. The molecule has 0 aromatic heterocycles. The largest absolute Gasteiger partial charge is 0.481 e. The van der Waals surface area contributed by atoms with Crippen LogP contribution in [0.15, 0.2) is 29.3 Å². The van der Waals surface area contributed by atoms with Crippen molar-refractivity contribution in [3.8, 4) is 0 Å². The summed E-state index contributed by atoms with van der Waals surface area (Å²) < 4.78 is 0. The van der Waals surface area contributed by atoms with Crippen molar-refractivity contribution >= 4 is 23.8 Å². The lowest BCUT2D eigenvalue weighted by atomic mass is 10.1. The van der Waals surface area contributed by atoms with Crippen molar-refractivity contribution in [2.75, 3.05) is 0 Å². The van der Waals surface area contributed by atoms with Gasteiger partial charge in [0.05, 0.1) is 4.92 Å². The number of nitro benzene ring substituents is 1. The van der Waals surface area contributed by atoms with Gasteiger partial charge in [0.1, 0.15) is 6.04 Å². The molecule has 0 fully saturated rings. The Labute approximate surface area is 113 Å². The predicted molar refractivity (Wildman–Crippen MR) is 69.0 cm³/mol. The summed E-state index contributed by atoms with van der Waals surface area (Å²) in [6.07, 6.45) is 0.840. The Morgan fingerprint density at radius 1 is 1.30 bits per heavy atom. The minimum atomic E-state index is -1.22. The smallest absolute Gasteiger partial charge is 0.328 e. The molecule has 8 nitrogen and oxygen atoms in total. The third-order valence-electron chi connectivity index (χ3n) is 2.42. The Morgan fingerprint density at radius 3 is 2.35 bits per heavy atom. The van der Waals surface area contributed by atoms with Crippen LogP contribution in [-0.4, -0.2) is 39.3 Å². The first-order valence-electron chi connectivity index (χ1n) is 5.62. The summed E-state index contributed by atoms with van der Waals surface area (Å²) in [6.45, 7) is 0. The van der Waals surface area contributed by atoms with E-state index in [-0.39, 0.29) is 18.5 Å². The Morgan fingerprint density at radius 2 is 1.90 bits per heavy atom. The van der Waals surface area contributed by atoms with Crippen LogP contribution in [-0.2, 0) is 9.59 Å². The molecule has 0 aliphatic heterocycles. The number of aliphatic imine (C=N–C) groups is 1. The van der Waals surface area contributed by atoms with E-state index in [1.54, 1.807) is 0 Å². The van der Waals surface area contributed by atoms with Gasteiger partial charge in [-0.3, -0.25) is 19.9 Å². The van der Waals surface area contributed by atoms with Crippen LogP contribution in [0.5, 0.6) is 0 Å². The van der Waals surface area contributed by atoms with E-state index in [2.05, 4.69) is 4.99 Å². The molecule has 8 heteroatoms. The molecule has 1 unspecified atom stereocenters. The van der Waals surface area contributed by atoms with Crippen LogP contribution in [0, 0.1) is 10.1 Å². The molecule has 0 spiro atoms. The molecule has 0 saturated carbocycles. The molecule has 1 atom stereocenters. The molecule has 0 heterocycles. The van der Waals surface area contributed by atoms with E-state index in [4.69, 9.17) is 10.2 Å². The highest BCUT2D eigenvalue weighted by Crippen LogP contribution is 2.11. The number of non-ortho nitro benzene ring substituents is 1. The summed E-state index contributed by atoms with van der Waals surface area (Å²) in [4.78, 5) is 35.0. The standard InChI is InChI=1S/C12H12N2O6/c15-11(16)6-5-10(12(17)18)13-7-8-1-3-9(4-2-8)14(19)20/h1-4,7,10H,5-6H2,(H,15,16)(H,17,18). The molecule has 2 N–H and O–H groups in total. The highest BCUT2D eigenvalue weighted by atomic mass is 16.6. The molecule has 20 heavy (non-hydrogen) atoms. The number of hydrogen-bond acceptors (Lipinski definition) is 5. The normalized spacial score (nSPS) is 12.2. The average molecular weight is 280 g/mol. The number of carboxylic acid groups (broad SMARTS) is 2. The molecule has 106 valence electrons. The Bertz CT molecular complexity index is 537. The zero-order valence-electron chi connectivity index (χ0n) is 10.3. The van der Waals surface area contributed by atoms with Gasteiger partial charge in [0.25, 0.3) is 5.69 Å². The van der Waals surface area contributed by atoms with Gasteiger partial charge in [0.15, 0.2) is 0 Å². The lowest BCUT2D eigenvalue weighted by molar-refractivity contribution is -0.384. The van der Waals surface area contributed by atoms with Crippen molar-refractivity contribution in [2.45, 2.75) is 18.9 Å². The average Bonchev–Trinajstić information content (AvgIpc) is 2.38. The summed E-state index contributed by atoms with van der Waals surface area (Å²) in [5.74, 6) is -2.31. The van der Waals surface area contributed by atoms with Gasteiger partial charge in [-0.05, 0) is 24.1 Å². The van der Waals surface area contributed by atoms with E-state index >= 15 is 0 Å². The first-order valence-corrected chi connectivity index (χ1v) is 5.62. The highest BCUT2D eigenvalue weighted by molar-refractivity contribution is 5.83. The summed E-state index contributed by atoms with van der Waals surface area (Å²) in [5, 5.41) is 27.8. The quantitative estimate of drug-likeness (QED) is 0.440. The highest BCUT2D eigenvalue weighted by Gasteiger charge is 2.16. The van der Waals surface area contributed by atoms with E-state index in [9.17, 15) is 19.7 Å². The van der Waals surface area contributed by atoms with E-state index in [0.29, 0.717) is 5.56 Å². The van der Waals surface area contributed by atoms with Gasteiger partial charge in [0, 0.05) is 24.8 Å². The molecule has 0 amide bonds. The number of nitrogens with zero attached hydrogens (tertiary/aromatic N) is 2. The van der Waals surface area contributed by atoms with Gasteiger partial charge in [-0.25, -0.2) is 4.79 Å². The summed E-state index contributed by atoms with van der Waals surface area (Å²) in [6, 6.07) is 4.25. The van der Waals surface area contributed by atoms with E-state index in [1.165, 1.54) is 30.5 Å². The first-order chi connectivity index (χ1) is 9.40. The minimum Gasteiger partial charge on any atom is -0.481 e. The van der Waals surface area contributed by atoms with Crippen LogP contribution < -0.4 is 0 Å². The van der Waals surface area contributed by atoms with Crippen molar-refractivity contribution in [1.29, 1.82) is 0 Å². The number of rotatable bonds is 7. The summed E-state index contributed by atoms with van der Waals surface area (Å²) in [5.41, 5.74) is 0.417. The van der Waals surface area contributed by atoms with Gasteiger partial charge in [-0.2, -0.15) is 0 Å². The second kappa shape index (κ2) is 6.98. The van der Waals surface area contributed by atoms with Crippen molar-refractivity contribution in [3.63, 3.8) is 0 Å². The molecule has 0 radical (unpaired) electrons. The van der Waals surface area contributed by atoms with Gasteiger partial charge in [-0.1, -0.05) is 0 Å². The maximum absolute atomic E-state index is 10.9. The second-order valence-electron chi connectivity index (χ2n) is 3.91. The second-order valence-corrected chi connectivity index (χ2v) is 3.91. The molecule has 0 aliphatic carbocycles. The van der Waals surface area contributed by atoms with Crippen LogP contribution in [0.1, 0.15) is 18.4 Å². The van der Waals surface area contributed by atoms with Gasteiger partial charge in [-0.15, -0.1) is 0 Å². The van der Waals surface area contributed by atoms with Crippen molar-refractivity contribution < 1.29 is 24.7 Å². The molecule has 0 aliphatic rings. The van der Waals surface area contributed by atoms with Crippen LogP contribution in [0.25, 0.3) is 0 Å². The third-order valence-corrected chi connectivity index (χ3v) is 2.42. The fourth-order valence-corrected chi connectivity index (χ4v) is 1.38. The fraction of sp³-hybridized carbons (Fsp3) is 0.250. The van der Waals surface area contributed by atoms with Gasteiger partial charge >= 0.3 is 11.9 Å². The first kappa shape index (κ1) is 15.3. The van der Waals surface area contributed by atoms with Gasteiger partial charge < -0.3 is 10.2 Å². The topological polar surface area (TPSA) is 130 Å². The number of aliphatic carboxylic acids is 2. The molecule has 1 aromatic rings. The van der Waals surface area contributed by atoms with Crippen LogP contribution >= 0.6 is 0 Å². The summed E-state index contributed by atoms with van der Waals surface area (Å²) >= 11 is 0. The summed E-state index contributed by atoms with van der Waals surface area (Å²) in [7, 11) is 0. The molecular formula is C12H12N2O6. The third kappa shape index (κ3) is 4.84. The Balaban J connectivity index is 2.74. The molecular weight excluding hydrogens is 268 g/mol. The zero-order valence-corrected chi connectivity index (χ0v) is 10.3. The lowest BCUT2D eigenvalue weighted by Crippen LogP contribution is -2.19. The van der Waals surface area contributed by atoms with E-state index in [1.807, 2.05) is 0 Å². The number of carbonyl (C=O) groups is 2. The number of carboxylic acids is 2. The number of hydrogen-bond donors (Lipinski definition) is 2. The molecule has 0 saturated heterocycles. The van der Waals surface area contributed by atoms with Gasteiger partial charge in [0.2, 0.25) is 0 Å². The van der Waals surface area contributed by atoms with Crippen LogP contribution in [0.4, 0.5) is 5.69 Å². The van der Waals surface area contributed by atoms with Crippen LogP contribution in [0.3, 0.4) is 0 Å². The SMILES string of the molecule is O=C(O)CCC(N=Cc1ccc([N+](=O)[O-])cc1)C(=O)O.